The molecule has 1 N–H and O–H groups in total. The van der Waals surface area contributed by atoms with Crippen LogP contribution in [0.25, 0.3) is 10.2 Å². The molecule has 0 saturated heterocycles. The summed E-state index contributed by atoms with van der Waals surface area (Å²) in [6, 6.07) is 0. The molecule has 0 unspecified atom stereocenters. The number of likely N-dealkylation sites (N-methyl/N-ethyl adjacent to an activating group) is 1. The van der Waals surface area contributed by atoms with E-state index in [9.17, 15) is 14.4 Å². The third-order valence-electron chi connectivity index (χ3n) is 5.09. The fourth-order valence-corrected chi connectivity index (χ4v) is 5.13. The summed E-state index contributed by atoms with van der Waals surface area (Å²) >= 11 is 1.57. The number of rotatable bonds is 6. The number of aromatic nitrogens is 2. The molecule has 2 aromatic rings. The molecule has 0 bridgehead atoms. The van der Waals surface area contributed by atoms with Gasteiger partial charge in [0, 0.05) is 4.88 Å². The molecule has 2 heterocycles. The Bertz CT molecular complexity index is 970. The van der Waals surface area contributed by atoms with Gasteiger partial charge in [-0.3, -0.25) is 14.2 Å². The number of hydrogen-bond acceptors (Lipinski definition) is 5. The van der Waals surface area contributed by atoms with Gasteiger partial charge in [0.15, 0.2) is 0 Å². The van der Waals surface area contributed by atoms with Crippen LogP contribution in [0, 0.1) is 5.92 Å². The molecule has 0 radical (unpaired) electrons. The summed E-state index contributed by atoms with van der Waals surface area (Å²) in [4.78, 5) is 41.3. The van der Waals surface area contributed by atoms with Gasteiger partial charge in [-0.25, -0.2) is 9.36 Å². The first kappa shape index (κ1) is 19.8. The lowest BCUT2D eigenvalue weighted by atomic mass is 9.89. The number of aryl methyl sites for hydroxylation is 1. The second-order valence-electron chi connectivity index (χ2n) is 7.62. The predicted molar refractivity (Wildman–Crippen MR) is 106 cm³/mol. The number of quaternary nitrogens is 1. The standard InChI is InChI=1S/C19H27N3O4S/c1-5-26-15(23)11-22-17(24)16-13-7-6-12(2)10-14(13)27-18(16)21(19(22)25)9-8-20(3)4/h12H,5-11H2,1-4H3/p+1/t12-/m0/s1. The molecule has 1 atom stereocenters. The number of nitrogens with zero attached hydrogens (tertiary/aromatic N) is 2. The molecule has 27 heavy (non-hydrogen) atoms. The summed E-state index contributed by atoms with van der Waals surface area (Å²) in [5.74, 6) is 0.0252. The summed E-state index contributed by atoms with van der Waals surface area (Å²) in [7, 11) is 4.05. The predicted octanol–water partition coefficient (Wildman–Crippen LogP) is 0.0571. The Morgan fingerprint density at radius 3 is 2.70 bits per heavy atom. The molecule has 3 rings (SSSR count). The number of nitrogens with one attached hydrogen (secondary N) is 1. The number of thiophene rings is 1. The van der Waals surface area contributed by atoms with E-state index in [1.165, 1.54) is 9.78 Å². The molecular formula is C19H28N3O4S+. The Morgan fingerprint density at radius 1 is 1.30 bits per heavy atom. The Hall–Kier alpha value is -1.93. The smallest absolute Gasteiger partial charge is 0.332 e. The van der Waals surface area contributed by atoms with Crippen molar-refractivity contribution in [3.63, 3.8) is 0 Å². The van der Waals surface area contributed by atoms with Gasteiger partial charge in [-0.2, -0.15) is 0 Å². The maximum atomic E-state index is 13.1. The zero-order valence-corrected chi connectivity index (χ0v) is 17.3. The fourth-order valence-electron chi connectivity index (χ4n) is 3.61. The van der Waals surface area contributed by atoms with Gasteiger partial charge in [-0.15, -0.1) is 11.3 Å². The van der Waals surface area contributed by atoms with E-state index in [1.54, 1.807) is 22.8 Å². The van der Waals surface area contributed by atoms with Gasteiger partial charge in [0.05, 0.1) is 39.2 Å². The lowest BCUT2D eigenvalue weighted by molar-refractivity contribution is -0.858. The van der Waals surface area contributed by atoms with Crippen molar-refractivity contribution in [3.05, 3.63) is 31.3 Å². The van der Waals surface area contributed by atoms with Crippen LogP contribution in [0.2, 0.25) is 0 Å². The van der Waals surface area contributed by atoms with E-state index in [2.05, 4.69) is 6.92 Å². The lowest BCUT2D eigenvalue weighted by Gasteiger charge is -2.17. The summed E-state index contributed by atoms with van der Waals surface area (Å²) in [5, 5.41) is 0.625. The topological polar surface area (TPSA) is 74.7 Å². The second-order valence-corrected chi connectivity index (χ2v) is 8.70. The molecule has 0 aromatic carbocycles. The van der Waals surface area contributed by atoms with Crippen LogP contribution < -0.4 is 16.1 Å². The van der Waals surface area contributed by atoms with Crippen molar-refractivity contribution in [2.24, 2.45) is 5.92 Å². The molecule has 8 heteroatoms. The summed E-state index contributed by atoms with van der Waals surface area (Å²) in [5.41, 5.74) is 0.290. The van der Waals surface area contributed by atoms with E-state index in [4.69, 9.17) is 4.74 Å². The van der Waals surface area contributed by atoms with Gasteiger partial charge in [-0.1, -0.05) is 6.92 Å². The van der Waals surface area contributed by atoms with Gasteiger partial charge in [0.1, 0.15) is 11.4 Å². The van der Waals surface area contributed by atoms with E-state index in [1.807, 2.05) is 14.1 Å². The number of esters is 1. The molecule has 1 aliphatic carbocycles. The monoisotopic (exact) mass is 394 g/mol. The van der Waals surface area contributed by atoms with Crippen LogP contribution >= 0.6 is 11.3 Å². The fraction of sp³-hybridized carbons (Fsp3) is 0.632. The van der Waals surface area contributed by atoms with E-state index >= 15 is 0 Å². The third-order valence-corrected chi connectivity index (χ3v) is 6.36. The molecule has 2 aromatic heterocycles. The highest BCUT2D eigenvalue weighted by molar-refractivity contribution is 7.18. The minimum atomic E-state index is -0.557. The van der Waals surface area contributed by atoms with E-state index in [0.29, 0.717) is 17.8 Å². The molecule has 1 aliphatic rings. The zero-order chi connectivity index (χ0) is 19.7. The van der Waals surface area contributed by atoms with Crippen LogP contribution in [0.15, 0.2) is 9.59 Å². The lowest BCUT2D eigenvalue weighted by Crippen LogP contribution is -3.06. The van der Waals surface area contributed by atoms with Crippen LogP contribution in [-0.4, -0.2) is 42.4 Å². The Kier molecular flexibility index (Phi) is 5.86. The Labute approximate surface area is 162 Å². The SMILES string of the molecule is CCOC(=O)Cn1c(=O)c2c3c(sc2n(CC[NH+](C)C)c1=O)C[C@@H](C)CC3. The van der Waals surface area contributed by atoms with E-state index in [-0.39, 0.29) is 18.7 Å². The molecular weight excluding hydrogens is 366 g/mol. The number of hydrogen-bond donors (Lipinski definition) is 1. The molecule has 0 aliphatic heterocycles. The second kappa shape index (κ2) is 7.98. The van der Waals surface area contributed by atoms with Crippen molar-refractivity contribution in [2.75, 3.05) is 27.2 Å². The molecule has 148 valence electrons. The first-order valence-corrected chi connectivity index (χ1v) is 10.4. The molecule has 7 nitrogen and oxygen atoms in total. The normalized spacial score (nSPS) is 16.7. The summed E-state index contributed by atoms with van der Waals surface area (Å²) in [6.07, 6.45) is 2.83. The molecule has 0 saturated carbocycles. The molecule has 0 amide bonds. The highest BCUT2D eigenvalue weighted by Crippen LogP contribution is 2.36. The van der Waals surface area contributed by atoms with Crippen LogP contribution in [-0.2, 0) is 35.5 Å². The van der Waals surface area contributed by atoms with Crippen LogP contribution in [0.3, 0.4) is 0 Å². The first-order valence-electron chi connectivity index (χ1n) is 9.56. The minimum Gasteiger partial charge on any atom is -0.465 e. The minimum absolute atomic E-state index is 0.222. The largest absolute Gasteiger partial charge is 0.465 e. The van der Waals surface area contributed by atoms with E-state index in [0.717, 1.165) is 40.8 Å². The highest BCUT2D eigenvalue weighted by Gasteiger charge is 2.26. The molecule has 0 spiro atoms. The third kappa shape index (κ3) is 3.87. The van der Waals surface area contributed by atoms with Gasteiger partial charge in [0.25, 0.3) is 5.56 Å². The van der Waals surface area contributed by atoms with Crippen LogP contribution in [0.1, 0.15) is 30.7 Å². The first-order chi connectivity index (χ1) is 12.8. The van der Waals surface area contributed by atoms with Crippen molar-refractivity contribution in [2.45, 2.75) is 46.2 Å². The Morgan fingerprint density at radius 2 is 2.04 bits per heavy atom. The van der Waals surface area contributed by atoms with Gasteiger partial charge < -0.3 is 9.64 Å². The van der Waals surface area contributed by atoms with Crippen molar-refractivity contribution >= 4 is 27.5 Å². The average Bonchev–Trinajstić information content (AvgIpc) is 2.96. The number of carbonyl (C=O) groups excluding carboxylic acids is 1. The number of carbonyl (C=O) groups is 1. The highest BCUT2D eigenvalue weighted by atomic mass is 32.1. The van der Waals surface area contributed by atoms with Gasteiger partial charge >= 0.3 is 11.7 Å². The van der Waals surface area contributed by atoms with Gasteiger partial charge in [0.2, 0.25) is 0 Å². The maximum absolute atomic E-state index is 13.1. The number of ether oxygens (including phenoxy) is 1. The van der Waals surface area contributed by atoms with Crippen molar-refractivity contribution in [1.82, 2.24) is 9.13 Å². The average molecular weight is 395 g/mol. The van der Waals surface area contributed by atoms with Crippen molar-refractivity contribution < 1.29 is 14.4 Å². The maximum Gasteiger partial charge on any atom is 0.332 e. The summed E-state index contributed by atoms with van der Waals surface area (Å²) in [6.45, 7) is 5.08. The summed E-state index contributed by atoms with van der Waals surface area (Å²) < 4.78 is 7.69. The van der Waals surface area contributed by atoms with E-state index < -0.39 is 11.7 Å². The van der Waals surface area contributed by atoms with Crippen LogP contribution in [0.4, 0.5) is 0 Å². The van der Waals surface area contributed by atoms with Crippen LogP contribution in [0.5, 0.6) is 0 Å². The van der Waals surface area contributed by atoms with Crippen molar-refractivity contribution in [3.8, 4) is 0 Å². The molecule has 0 fully saturated rings. The Balaban J connectivity index is 2.21. The quantitative estimate of drug-likeness (QED) is 0.703. The van der Waals surface area contributed by atoms with Gasteiger partial charge in [-0.05, 0) is 37.7 Å². The van der Waals surface area contributed by atoms with Crippen molar-refractivity contribution in [1.29, 1.82) is 0 Å². The zero-order valence-electron chi connectivity index (χ0n) is 16.5. The number of fused-ring (bicyclic) bond motifs is 3.